The number of benzene rings is 2. The van der Waals surface area contributed by atoms with E-state index in [1.807, 2.05) is 0 Å². The number of nitrogens with one attached hydrogen (secondary N) is 2. The van der Waals surface area contributed by atoms with Crippen LogP contribution < -0.4 is 15.8 Å². The minimum absolute atomic E-state index is 0.0327. The highest BCUT2D eigenvalue weighted by atomic mass is 35.5. The van der Waals surface area contributed by atoms with Gasteiger partial charge in [0, 0.05) is 16.3 Å². The number of halogens is 1. The fourth-order valence-corrected chi connectivity index (χ4v) is 3.11. The Labute approximate surface area is 171 Å². The summed E-state index contributed by atoms with van der Waals surface area (Å²) >= 11 is 5.86. The molecule has 1 amide bonds. The van der Waals surface area contributed by atoms with E-state index < -0.39 is 27.9 Å². The fourth-order valence-electron chi connectivity index (χ4n) is 2.47. The van der Waals surface area contributed by atoms with E-state index in [0.717, 1.165) is 0 Å². The molecule has 8 nitrogen and oxygen atoms in total. The van der Waals surface area contributed by atoms with Crippen LogP contribution in [0.2, 0.25) is 5.02 Å². The predicted octanol–water partition coefficient (Wildman–Crippen LogP) is 2.63. The zero-order valence-electron chi connectivity index (χ0n) is 14.8. The first-order valence-corrected chi connectivity index (χ1v) is 10.2. The molecule has 0 aliphatic carbocycles. The number of primary sulfonamides is 1. The van der Waals surface area contributed by atoms with E-state index in [1.54, 1.807) is 18.2 Å². The number of amides is 1. The molecule has 3 rings (SSSR count). The van der Waals surface area contributed by atoms with Crippen LogP contribution in [0.5, 0.6) is 0 Å². The molecule has 0 aliphatic rings. The van der Waals surface area contributed by atoms with E-state index in [0.29, 0.717) is 16.3 Å². The van der Waals surface area contributed by atoms with Crippen LogP contribution in [0.1, 0.15) is 20.9 Å². The largest absolute Gasteiger partial charge is 0.459 e. The lowest BCUT2D eigenvalue weighted by Gasteiger charge is -2.20. The maximum Gasteiger partial charge on any atom is 0.288 e. The van der Waals surface area contributed by atoms with Crippen molar-refractivity contribution in [1.29, 1.82) is 0 Å². The smallest absolute Gasteiger partial charge is 0.288 e. The van der Waals surface area contributed by atoms with Gasteiger partial charge in [0.25, 0.3) is 5.91 Å². The minimum Gasteiger partial charge on any atom is -0.459 e. The molecule has 0 bridgehead atoms. The van der Waals surface area contributed by atoms with Gasteiger partial charge in [-0.25, -0.2) is 13.6 Å². The monoisotopic (exact) mass is 433 g/mol. The highest BCUT2D eigenvalue weighted by molar-refractivity contribution is 7.89. The lowest BCUT2D eigenvalue weighted by atomic mass is 10.1. The number of rotatable bonds is 7. The highest BCUT2D eigenvalue weighted by Crippen LogP contribution is 2.16. The molecule has 4 N–H and O–H groups in total. The highest BCUT2D eigenvalue weighted by Gasteiger charge is 2.24. The normalized spacial score (nSPS) is 12.2. The predicted molar refractivity (Wildman–Crippen MR) is 107 cm³/mol. The summed E-state index contributed by atoms with van der Waals surface area (Å²) in [7, 11) is -3.85. The molecule has 29 heavy (non-hydrogen) atoms. The number of anilines is 1. The van der Waals surface area contributed by atoms with Crippen molar-refractivity contribution in [1.82, 2.24) is 5.32 Å². The van der Waals surface area contributed by atoms with Gasteiger partial charge in [0.15, 0.2) is 11.9 Å². The third kappa shape index (κ3) is 5.23. The zero-order valence-corrected chi connectivity index (χ0v) is 16.4. The first kappa shape index (κ1) is 20.6. The third-order valence-electron chi connectivity index (χ3n) is 3.91. The summed E-state index contributed by atoms with van der Waals surface area (Å²) in [4.78, 5) is 25.2. The van der Waals surface area contributed by atoms with Crippen LogP contribution in [0, 0.1) is 0 Å². The zero-order chi connectivity index (χ0) is 21.0. The summed E-state index contributed by atoms with van der Waals surface area (Å²) < 4.78 is 27.8. The van der Waals surface area contributed by atoms with E-state index >= 15 is 0 Å². The van der Waals surface area contributed by atoms with Crippen LogP contribution in [0.3, 0.4) is 0 Å². The Morgan fingerprint density at radius 3 is 2.21 bits per heavy atom. The number of carbonyl (C=O) groups excluding carboxylic acids is 2. The summed E-state index contributed by atoms with van der Waals surface area (Å²) in [6, 6.07) is 14.6. The SMILES string of the molecule is NS(=O)(=O)c1ccc(NC(NC(=O)c2ccco2)C(=O)c2ccc(Cl)cc2)cc1. The minimum atomic E-state index is -3.85. The van der Waals surface area contributed by atoms with Crippen molar-refractivity contribution in [3.05, 3.63) is 83.3 Å². The van der Waals surface area contributed by atoms with Crippen LogP contribution in [0.4, 0.5) is 5.69 Å². The molecule has 1 atom stereocenters. The van der Waals surface area contributed by atoms with Gasteiger partial charge in [-0.15, -0.1) is 0 Å². The number of sulfonamides is 1. The number of hydrogen-bond acceptors (Lipinski definition) is 6. The molecule has 3 aromatic rings. The second-order valence-corrected chi connectivity index (χ2v) is 7.97. The second kappa shape index (κ2) is 8.48. The van der Waals surface area contributed by atoms with E-state index in [1.165, 1.54) is 48.7 Å². The van der Waals surface area contributed by atoms with Crippen LogP contribution in [0.15, 0.2) is 76.2 Å². The summed E-state index contributed by atoms with van der Waals surface area (Å²) in [6.07, 6.45) is 0.179. The summed E-state index contributed by atoms with van der Waals surface area (Å²) in [5.41, 5.74) is 0.706. The quantitative estimate of drug-likeness (QED) is 0.387. The number of carbonyl (C=O) groups is 2. The van der Waals surface area contributed by atoms with Crippen molar-refractivity contribution in [2.75, 3.05) is 5.32 Å². The van der Waals surface area contributed by atoms with E-state index in [-0.39, 0.29) is 10.7 Å². The lowest BCUT2D eigenvalue weighted by molar-refractivity contribution is 0.0853. The van der Waals surface area contributed by atoms with Crippen molar-refractivity contribution in [3.63, 3.8) is 0 Å². The van der Waals surface area contributed by atoms with Crippen molar-refractivity contribution < 1.29 is 22.4 Å². The summed E-state index contributed by atoms with van der Waals surface area (Å²) in [6.45, 7) is 0. The van der Waals surface area contributed by atoms with Gasteiger partial charge in [0.05, 0.1) is 11.2 Å². The fraction of sp³-hybridized carbons (Fsp3) is 0.0526. The Morgan fingerprint density at radius 2 is 1.66 bits per heavy atom. The summed E-state index contributed by atoms with van der Waals surface area (Å²) in [5, 5.41) is 11.0. The molecule has 0 fully saturated rings. The van der Waals surface area contributed by atoms with E-state index in [2.05, 4.69) is 10.6 Å². The van der Waals surface area contributed by atoms with Gasteiger partial charge in [-0.2, -0.15) is 0 Å². The van der Waals surface area contributed by atoms with E-state index in [4.69, 9.17) is 21.2 Å². The molecule has 0 spiro atoms. The molecular weight excluding hydrogens is 418 g/mol. The number of furan rings is 1. The van der Waals surface area contributed by atoms with Crippen molar-refractivity contribution in [3.8, 4) is 0 Å². The van der Waals surface area contributed by atoms with Gasteiger partial charge in [0.2, 0.25) is 15.8 Å². The number of ketones is 1. The van der Waals surface area contributed by atoms with Gasteiger partial charge >= 0.3 is 0 Å². The maximum atomic E-state index is 12.9. The second-order valence-electron chi connectivity index (χ2n) is 5.97. The molecule has 0 aliphatic heterocycles. The molecule has 10 heteroatoms. The van der Waals surface area contributed by atoms with Gasteiger partial charge < -0.3 is 15.1 Å². The molecule has 1 aromatic heterocycles. The standard InChI is InChI=1S/C19H16ClN3O5S/c20-13-5-3-12(4-6-13)17(24)18(23-19(25)16-2-1-11-28-16)22-14-7-9-15(10-8-14)29(21,26)27/h1-11,18,22H,(H,23,25)(H2,21,26,27). The Kier molecular flexibility index (Phi) is 6.02. The first-order valence-electron chi connectivity index (χ1n) is 8.27. The first-order chi connectivity index (χ1) is 13.7. The molecular formula is C19H16ClN3O5S. The Balaban J connectivity index is 1.86. The number of hydrogen-bond donors (Lipinski definition) is 3. The molecule has 150 valence electrons. The maximum absolute atomic E-state index is 12.9. The van der Waals surface area contributed by atoms with Gasteiger partial charge in [-0.3, -0.25) is 9.59 Å². The third-order valence-corrected chi connectivity index (χ3v) is 5.09. The van der Waals surface area contributed by atoms with E-state index in [9.17, 15) is 18.0 Å². The molecule has 0 radical (unpaired) electrons. The molecule has 1 heterocycles. The molecule has 0 saturated heterocycles. The Morgan fingerprint density at radius 1 is 1.00 bits per heavy atom. The molecule has 1 unspecified atom stereocenters. The Bertz CT molecular complexity index is 1110. The van der Waals surface area contributed by atoms with Crippen LogP contribution >= 0.6 is 11.6 Å². The van der Waals surface area contributed by atoms with Crippen molar-refractivity contribution in [2.45, 2.75) is 11.1 Å². The molecule has 0 saturated carbocycles. The Hall–Kier alpha value is -3.14. The van der Waals surface area contributed by atoms with Gasteiger partial charge in [0.1, 0.15) is 0 Å². The van der Waals surface area contributed by atoms with Gasteiger partial charge in [-0.1, -0.05) is 11.6 Å². The summed E-state index contributed by atoms with van der Waals surface area (Å²) in [5.74, 6) is -1.00. The number of Topliss-reactive ketones (excluding diaryl/α,β-unsaturated/α-hetero) is 1. The average molecular weight is 434 g/mol. The van der Waals surface area contributed by atoms with Crippen molar-refractivity contribution >= 4 is 39.0 Å². The molecule has 2 aromatic carbocycles. The van der Waals surface area contributed by atoms with Crippen LogP contribution in [-0.2, 0) is 10.0 Å². The van der Waals surface area contributed by atoms with Crippen LogP contribution in [0.25, 0.3) is 0 Å². The average Bonchev–Trinajstić information content (AvgIpc) is 3.22. The lowest BCUT2D eigenvalue weighted by Crippen LogP contribution is -2.46. The number of nitrogens with two attached hydrogens (primary N) is 1. The van der Waals surface area contributed by atoms with Crippen LogP contribution in [-0.4, -0.2) is 26.3 Å². The topological polar surface area (TPSA) is 132 Å². The van der Waals surface area contributed by atoms with Gasteiger partial charge in [-0.05, 0) is 60.7 Å². The van der Waals surface area contributed by atoms with Crippen molar-refractivity contribution in [2.24, 2.45) is 5.14 Å².